The number of para-hydroxylation sites is 1. The third kappa shape index (κ3) is 2.49. The average molecular weight is 242 g/mol. The van der Waals surface area contributed by atoms with Gasteiger partial charge in [-0.25, -0.2) is 9.97 Å². The molecule has 4 nitrogen and oxygen atoms in total. The maximum Gasteiger partial charge on any atom is 0.230 e. The summed E-state index contributed by atoms with van der Waals surface area (Å²) in [4.78, 5) is 10.9. The van der Waals surface area contributed by atoms with E-state index in [1.807, 2.05) is 56.1 Å². The number of hydrogen-bond acceptors (Lipinski definition) is 4. The molecule has 0 fully saturated rings. The molecule has 0 atom stereocenters. The maximum atomic E-state index is 5.76. The standard InChI is InChI=1S/C14H18N4/c1-10-8-11(2)17-14(16-10)18(3)13-7-5-4-6-12(13)9-15/h4-8H,9,15H2,1-3H3. The molecule has 0 amide bonds. The molecule has 18 heavy (non-hydrogen) atoms. The first-order valence-electron chi connectivity index (χ1n) is 5.96. The van der Waals surface area contributed by atoms with Crippen LogP contribution in [-0.4, -0.2) is 17.0 Å². The fourth-order valence-corrected chi connectivity index (χ4v) is 1.98. The van der Waals surface area contributed by atoms with Crippen molar-refractivity contribution in [1.82, 2.24) is 9.97 Å². The fraction of sp³-hybridized carbons (Fsp3) is 0.286. The van der Waals surface area contributed by atoms with Gasteiger partial charge in [0.15, 0.2) is 0 Å². The second-order valence-corrected chi connectivity index (χ2v) is 4.34. The molecule has 1 aromatic heterocycles. The van der Waals surface area contributed by atoms with Crippen LogP contribution in [0.4, 0.5) is 11.6 Å². The van der Waals surface area contributed by atoms with Crippen molar-refractivity contribution in [3.05, 3.63) is 47.3 Å². The minimum absolute atomic E-state index is 0.505. The summed E-state index contributed by atoms with van der Waals surface area (Å²) in [6.07, 6.45) is 0. The molecule has 0 saturated carbocycles. The maximum absolute atomic E-state index is 5.76. The largest absolute Gasteiger partial charge is 0.326 e. The van der Waals surface area contributed by atoms with Gasteiger partial charge in [0.2, 0.25) is 5.95 Å². The van der Waals surface area contributed by atoms with Crippen molar-refractivity contribution < 1.29 is 0 Å². The molecule has 1 heterocycles. The van der Waals surface area contributed by atoms with E-state index in [4.69, 9.17) is 5.73 Å². The molecule has 0 bridgehead atoms. The van der Waals surface area contributed by atoms with Crippen LogP contribution in [-0.2, 0) is 6.54 Å². The van der Waals surface area contributed by atoms with E-state index < -0.39 is 0 Å². The highest BCUT2D eigenvalue weighted by atomic mass is 15.2. The van der Waals surface area contributed by atoms with E-state index in [0.717, 1.165) is 22.6 Å². The number of aryl methyl sites for hydroxylation is 2. The zero-order valence-electron chi connectivity index (χ0n) is 11.0. The first-order chi connectivity index (χ1) is 8.61. The average Bonchev–Trinajstić information content (AvgIpc) is 2.36. The second-order valence-electron chi connectivity index (χ2n) is 4.34. The van der Waals surface area contributed by atoms with Gasteiger partial charge in [0, 0.05) is 30.7 Å². The number of benzene rings is 1. The highest BCUT2D eigenvalue weighted by Crippen LogP contribution is 2.24. The first-order valence-corrected chi connectivity index (χ1v) is 5.96. The zero-order valence-corrected chi connectivity index (χ0v) is 11.0. The van der Waals surface area contributed by atoms with Crippen LogP contribution in [0.1, 0.15) is 17.0 Å². The van der Waals surface area contributed by atoms with Crippen LogP contribution in [0.5, 0.6) is 0 Å². The molecule has 0 saturated heterocycles. The molecule has 94 valence electrons. The summed E-state index contributed by atoms with van der Waals surface area (Å²) in [5, 5.41) is 0. The Balaban J connectivity index is 2.44. The third-order valence-corrected chi connectivity index (χ3v) is 2.84. The molecule has 1 aromatic carbocycles. The Hall–Kier alpha value is -1.94. The Morgan fingerprint density at radius 1 is 1.11 bits per heavy atom. The molecular weight excluding hydrogens is 224 g/mol. The molecule has 0 radical (unpaired) electrons. The van der Waals surface area contributed by atoms with Gasteiger partial charge in [-0.3, -0.25) is 0 Å². The Labute approximate surface area is 107 Å². The van der Waals surface area contributed by atoms with E-state index in [1.54, 1.807) is 0 Å². The molecule has 2 N–H and O–H groups in total. The van der Waals surface area contributed by atoms with Crippen molar-refractivity contribution in [3.8, 4) is 0 Å². The van der Waals surface area contributed by atoms with Gasteiger partial charge in [0.05, 0.1) is 0 Å². The number of aromatic nitrogens is 2. The molecule has 2 aromatic rings. The number of nitrogens with zero attached hydrogens (tertiary/aromatic N) is 3. The van der Waals surface area contributed by atoms with Gasteiger partial charge in [-0.15, -0.1) is 0 Å². The molecule has 0 aliphatic heterocycles. The number of anilines is 2. The minimum Gasteiger partial charge on any atom is -0.326 e. The molecule has 2 rings (SSSR count). The van der Waals surface area contributed by atoms with E-state index >= 15 is 0 Å². The number of hydrogen-bond donors (Lipinski definition) is 1. The first kappa shape index (κ1) is 12.5. The van der Waals surface area contributed by atoms with Crippen molar-refractivity contribution in [2.45, 2.75) is 20.4 Å². The van der Waals surface area contributed by atoms with Crippen LogP contribution in [0.2, 0.25) is 0 Å². The third-order valence-electron chi connectivity index (χ3n) is 2.84. The number of nitrogens with two attached hydrogens (primary N) is 1. The number of rotatable bonds is 3. The lowest BCUT2D eigenvalue weighted by atomic mass is 10.1. The van der Waals surface area contributed by atoms with Crippen LogP contribution < -0.4 is 10.6 Å². The lowest BCUT2D eigenvalue weighted by Crippen LogP contribution is -2.16. The predicted octanol–water partition coefficient (Wildman–Crippen LogP) is 2.32. The molecule has 0 aliphatic carbocycles. The van der Waals surface area contributed by atoms with E-state index in [2.05, 4.69) is 9.97 Å². The summed E-state index contributed by atoms with van der Waals surface area (Å²) in [6, 6.07) is 10.00. The van der Waals surface area contributed by atoms with Gasteiger partial charge in [-0.05, 0) is 31.5 Å². The van der Waals surface area contributed by atoms with E-state index in [9.17, 15) is 0 Å². The Morgan fingerprint density at radius 2 is 1.72 bits per heavy atom. The Kier molecular flexibility index (Phi) is 3.58. The van der Waals surface area contributed by atoms with Crippen molar-refractivity contribution in [2.75, 3.05) is 11.9 Å². The summed E-state index contributed by atoms with van der Waals surface area (Å²) >= 11 is 0. The highest BCUT2D eigenvalue weighted by molar-refractivity contribution is 5.61. The SMILES string of the molecule is Cc1cc(C)nc(N(C)c2ccccc2CN)n1. The van der Waals surface area contributed by atoms with Crippen LogP contribution in [0.3, 0.4) is 0 Å². The van der Waals surface area contributed by atoms with E-state index in [0.29, 0.717) is 12.5 Å². The lowest BCUT2D eigenvalue weighted by Gasteiger charge is -2.20. The predicted molar refractivity (Wildman–Crippen MR) is 73.9 cm³/mol. The molecular formula is C14H18N4. The summed E-state index contributed by atoms with van der Waals surface area (Å²) in [5.41, 5.74) is 9.83. The summed E-state index contributed by atoms with van der Waals surface area (Å²) in [7, 11) is 1.96. The van der Waals surface area contributed by atoms with Crippen LogP contribution >= 0.6 is 0 Å². The monoisotopic (exact) mass is 242 g/mol. The molecule has 4 heteroatoms. The van der Waals surface area contributed by atoms with Gasteiger partial charge in [-0.2, -0.15) is 0 Å². The quantitative estimate of drug-likeness (QED) is 0.897. The van der Waals surface area contributed by atoms with Crippen molar-refractivity contribution in [1.29, 1.82) is 0 Å². The van der Waals surface area contributed by atoms with Crippen molar-refractivity contribution >= 4 is 11.6 Å². The van der Waals surface area contributed by atoms with Gasteiger partial charge in [0.1, 0.15) is 0 Å². The van der Waals surface area contributed by atoms with Crippen LogP contribution in [0.15, 0.2) is 30.3 Å². The Bertz CT molecular complexity index is 531. The zero-order chi connectivity index (χ0) is 13.1. The van der Waals surface area contributed by atoms with E-state index in [1.165, 1.54) is 0 Å². The van der Waals surface area contributed by atoms with Crippen LogP contribution in [0, 0.1) is 13.8 Å². The summed E-state index contributed by atoms with van der Waals surface area (Å²) in [6.45, 7) is 4.45. The van der Waals surface area contributed by atoms with Crippen molar-refractivity contribution in [3.63, 3.8) is 0 Å². The Morgan fingerprint density at radius 3 is 2.33 bits per heavy atom. The summed E-state index contributed by atoms with van der Waals surface area (Å²) in [5.74, 6) is 0.702. The topological polar surface area (TPSA) is 55.0 Å². The smallest absolute Gasteiger partial charge is 0.230 e. The van der Waals surface area contributed by atoms with Gasteiger partial charge >= 0.3 is 0 Å². The highest BCUT2D eigenvalue weighted by Gasteiger charge is 2.11. The lowest BCUT2D eigenvalue weighted by molar-refractivity contribution is 0.969. The van der Waals surface area contributed by atoms with Crippen molar-refractivity contribution in [2.24, 2.45) is 5.73 Å². The van der Waals surface area contributed by atoms with Gasteiger partial charge in [-0.1, -0.05) is 18.2 Å². The molecule has 0 aliphatic rings. The van der Waals surface area contributed by atoms with Crippen LogP contribution in [0.25, 0.3) is 0 Å². The molecule has 0 unspecified atom stereocenters. The minimum atomic E-state index is 0.505. The van der Waals surface area contributed by atoms with Gasteiger partial charge < -0.3 is 10.6 Å². The second kappa shape index (κ2) is 5.14. The normalized spacial score (nSPS) is 10.4. The van der Waals surface area contributed by atoms with E-state index in [-0.39, 0.29) is 0 Å². The van der Waals surface area contributed by atoms with Gasteiger partial charge in [0.25, 0.3) is 0 Å². The fourth-order valence-electron chi connectivity index (χ4n) is 1.98. The summed E-state index contributed by atoms with van der Waals surface area (Å²) < 4.78 is 0. The molecule has 0 spiro atoms.